The van der Waals surface area contributed by atoms with E-state index in [-0.39, 0.29) is 46.9 Å². The standard InChI is InChI=1S/C34H28ClFN2O6/c1-34-23(31(41)38(33(34)43)18-11-14-25(36)24(35)15-18)16-22-19(28(34)21-9-6-10-26(44-2)29(21)39)12-13-20-27(22)32(42)37(30(20)40)17-7-4-3-5-8-17/h3-12,14-15,20,22-23,27-28,39H,13,16H2,1-2H3/t20-,22+,23-,27-,28+,34+/m0/s1. The van der Waals surface area contributed by atoms with Crippen LogP contribution in [0.3, 0.4) is 0 Å². The Morgan fingerprint density at radius 3 is 2.36 bits per heavy atom. The number of nitrogens with zero attached hydrogens (tertiary/aromatic N) is 2. The molecule has 3 aromatic rings. The minimum atomic E-state index is -1.39. The van der Waals surface area contributed by atoms with E-state index in [1.165, 1.54) is 24.1 Å². The van der Waals surface area contributed by atoms with Crippen LogP contribution in [0.5, 0.6) is 11.5 Å². The lowest BCUT2D eigenvalue weighted by atomic mass is 9.51. The number of anilines is 2. The number of methoxy groups -OCH3 is 1. The van der Waals surface area contributed by atoms with Crippen LogP contribution in [0.25, 0.3) is 0 Å². The summed E-state index contributed by atoms with van der Waals surface area (Å²) < 4.78 is 19.5. The number of benzene rings is 3. The highest BCUT2D eigenvalue weighted by Gasteiger charge is 2.68. The maximum Gasteiger partial charge on any atom is 0.241 e. The zero-order valence-electron chi connectivity index (χ0n) is 23.9. The molecule has 2 saturated heterocycles. The quantitative estimate of drug-likeness (QED) is 0.302. The van der Waals surface area contributed by atoms with Crippen LogP contribution in [-0.2, 0) is 19.2 Å². The molecule has 1 saturated carbocycles. The molecular formula is C34H28ClFN2O6. The van der Waals surface area contributed by atoms with Crippen LogP contribution in [0.2, 0.25) is 5.02 Å². The number of aromatic hydroxyl groups is 1. The minimum Gasteiger partial charge on any atom is -0.504 e. The number of rotatable bonds is 4. The lowest BCUT2D eigenvalue weighted by Gasteiger charge is -2.49. The Kier molecular flexibility index (Phi) is 6.44. The Balaban J connectivity index is 1.40. The van der Waals surface area contributed by atoms with Gasteiger partial charge in [-0.15, -0.1) is 0 Å². The third-order valence-corrected chi connectivity index (χ3v) is 10.3. The first kappa shape index (κ1) is 28.3. The molecule has 0 unspecified atom stereocenters. The average Bonchev–Trinajstić information content (AvgIpc) is 3.39. The van der Waals surface area contributed by atoms with Gasteiger partial charge in [0.1, 0.15) is 5.82 Å². The fourth-order valence-electron chi connectivity index (χ4n) is 8.00. The Morgan fingerprint density at radius 2 is 1.66 bits per heavy atom. The molecule has 4 amide bonds. The van der Waals surface area contributed by atoms with E-state index in [1.807, 2.05) is 6.08 Å². The summed E-state index contributed by atoms with van der Waals surface area (Å²) in [6.07, 6.45) is 2.32. The number of phenols is 1. The Morgan fingerprint density at radius 1 is 0.909 bits per heavy atom. The van der Waals surface area contributed by atoms with Gasteiger partial charge in [-0.1, -0.05) is 53.6 Å². The summed E-state index contributed by atoms with van der Waals surface area (Å²) in [4.78, 5) is 58.7. The first-order valence-corrected chi connectivity index (χ1v) is 14.8. The molecule has 10 heteroatoms. The first-order valence-electron chi connectivity index (χ1n) is 14.4. The monoisotopic (exact) mass is 614 g/mol. The highest BCUT2D eigenvalue weighted by Crippen LogP contribution is 2.65. The van der Waals surface area contributed by atoms with E-state index in [1.54, 1.807) is 55.5 Å². The van der Waals surface area contributed by atoms with Crippen molar-refractivity contribution in [3.8, 4) is 11.5 Å². The Labute approximate surface area is 257 Å². The van der Waals surface area contributed by atoms with Crippen molar-refractivity contribution in [3.63, 3.8) is 0 Å². The first-order chi connectivity index (χ1) is 21.1. The van der Waals surface area contributed by atoms with Gasteiger partial charge in [-0.25, -0.2) is 9.29 Å². The number of allylic oxidation sites excluding steroid dienone is 2. The van der Waals surface area contributed by atoms with Gasteiger partial charge in [-0.2, -0.15) is 0 Å². The summed E-state index contributed by atoms with van der Waals surface area (Å²) in [5, 5.41) is 11.2. The highest BCUT2D eigenvalue weighted by atomic mass is 35.5. The second-order valence-electron chi connectivity index (χ2n) is 12.0. The molecule has 0 bridgehead atoms. The number of fused-ring (bicyclic) bond motifs is 4. The summed E-state index contributed by atoms with van der Waals surface area (Å²) in [5.41, 5.74) is 0.329. The molecule has 44 heavy (non-hydrogen) atoms. The van der Waals surface area contributed by atoms with Gasteiger partial charge in [0.05, 0.1) is 46.7 Å². The molecule has 0 spiro atoms. The number of hydrogen-bond acceptors (Lipinski definition) is 6. The number of para-hydroxylation sites is 2. The van der Waals surface area contributed by atoms with E-state index < -0.39 is 52.6 Å². The van der Waals surface area contributed by atoms with E-state index >= 15 is 0 Å². The van der Waals surface area contributed by atoms with Gasteiger partial charge in [-0.05, 0) is 62.1 Å². The number of ether oxygens (including phenoxy) is 1. The highest BCUT2D eigenvalue weighted by molar-refractivity contribution is 6.32. The van der Waals surface area contributed by atoms with Gasteiger partial charge >= 0.3 is 0 Å². The van der Waals surface area contributed by atoms with Crippen LogP contribution in [0.4, 0.5) is 15.8 Å². The van der Waals surface area contributed by atoms with Crippen LogP contribution < -0.4 is 14.5 Å². The summed E-state index contributed by atoms with van der Waals surface area (Å²) >= 11 is 6.05. The molecule has 7 rings (SSSR count). The molecule has 0 radical (unpaired) electrons. The van der Waals surface area contributed by atoms with Crippen molar-refractivity contribution in [2.24, 2.45) is 29.1 Å². The molecule has 8 nitrogen and oxygen atoms in total. The van der Waals surface area contributed by atoms with Crippen LogP contribution in [0.1, 0.15) is 31.2 Å². The normalized spacial score (nSPS) is 29.4. The van der Waals surface area contributed by atoms with E-state index in [4.69, 9.17) is 16.3 Å². The molecule has 6 atom stereocenters. The van der Waals surface area contributed by atoms with Crippen molar-refractivity contribution in [2.75, 3.05) is 16.9 Å². The zero-order valence-corrected chi connectivity index (χ0v) is 24.6. The lowest BCUT2D eigenvalue weighted by molar-refractivity contribution is -0.131. The molecular weight excluding hydrogens is 587 g/mol. The van der Waals surface area contributed by atoms with Gasteiger partial charge in [-0.3, -0.25) is 24.1 Å². The largest absolute Gasteiger partial charge is 0.504 e. The Bertz CT molecular complexity index is 1790. The van der Waals surface area contributed by atoms with Crippen LogP contribution in [0.15, 0.2) is 78.4 Å². The number of phenolic OH excluding ortho intramolecular Hbond substituents is 1. The predicted octanol–water partition coefficient (Wildman–Crippen LogP) is 5.63. The third-order valence-electron chi connectivity index (χ3n) is 10.0. The number of carbonyl (C=O) groups is 4. The second kappa shape index (κ2) is 10.0. The van der Waals surface area contributed by atoms with E-state index in [0.717, 1.165) is 16.5 Å². The third kappa shape index (κ3) is 3.75. The second-order valence-corrected chi connectivity index (χ2v) is 12.4. The van der Waals surface area contributed by atoms with Crippen molar-refractivity contribution in [2.45, 2.75) is 25.7 Å². The smallest absolute Gasteiger partial charge is 0.241 e. The molecule has 3 fully saturated rings. The number of imide groups is 2. The molecule has 0 aromatic heterocycles. The maximum absolute atomic E-state index is 14.5. The van der Waals surface area contributed by atoms with Crippen molar-refractivity contribution >= 4 is 46.6 Å². The topological polar surface area (TPSA) is 104 Å². The number of halogens is 2. The molecule has 1 N–H and O–H groups in total. The van der Waals surface area contributed by atoms with Gasteiger partial charge in [0.25, 0.3) is 0 Å². The molecule has 2 aliphatic heterocycles. The number of hydrogen-bond donors (Lipinski definition) is 1. The SMILES string of the molecule is COc1cccc([C@H]2C3=CC[C@@H]4C(=O)N(c5ccccc5)C(=O)[C@@H]4[C@@H]3C[C@H]3C(=O)N(c4ccc(F)c(Cl)c4)C(=O)[C@@]23C)c1O. The molecule has 224 valence electrons. The lowest BCUT2D eigenvalue weighted by Crippen LogP contribution is -2.48. The Hall–Kier alpha value is -4.50. The average molecular weight is 615 g/mol. The number of carbonyl (C=O) groups excluding carboxylic acids is 4. The molecule has 2 aliphatic carbocycles. The van der Waals surface area contributed by atoms with E-state index in [9.17, 15) is 28.7 Å². The van der Waals surface area contributed by atoms with Crippen molar-refractivity contribution < 1.29 is 33.4 Å². The van der Waals surface area contributed by atoms with Gasteiger partial charge in [0, 0.05) is 11.5 Å². The van der Waals surface area contributed by atoms with Gasteiger partial charge in [0.2, 0.25) is 23.6 Å². The fraction of sp³-hybridized carbons (Fsp3) is 0.294. The maximum atomic E-state index is 14.5. The predicted molar refractivity (Wildman–Crippen MR) is 160 cm³/mol. The summed E-state index contributed by atoms with van der Waals surface area (Å²) in [6.45, 7) is 1.70. The van der Waals surface area contributed by atoms with E-state index in [2.05, 4.69) is 0 Å². The minimum absolute atomic E-state index is 0.132. The summed E-state index contributed by atoms with van der Waals surface area (Å²) in [5.74, 6) is -6.02. The number of amides is 4. The fourth-order valence-corrected chi connectivity index (χ4v) is 8.17. The zero-order chi connectivity index (χ0) is 31.1. The van der Waals surface area contributed by atoms with Crippen LogP contribution in [0, 0.1) is 34.9 Å². The molecule has 3 aromatic carbocycles. The van der Waals surface area contributed by atoms with Crippen molar-refractivity contribution in [1.29, 1.82) is 0 Å². The van der Waals surface area contributed by atoms with Crippen molar-refractivity contribution in [1.82, 2.24) is 0 Å². The van der Waals surface area contributed by atoms with Gasteiger partial charge < -0.3 is 9.84 Å². The molecule has 2 heterocycles. The van der Waals surface area contributed by atoms with Crippen molar-refractivity contribution in [3.05, 3.63) is 94.8 Å². The van der Waals surface area contributed by atoms with Gasteiger partial charge in [0.15, 0.2) is 11.5 Å². The molecule has 4 aliphatic rings. The summed E-state index contributed by atoms with van der Waals surface area (Å²) in [6, 6.07) is 17.4. The van der Waals surface area contributed by atoms with Crippen LogP contribution >= 0.6 is 11.6 Å². The summed E-state index contributed by atoms with van der Waals surface area (Å²) in [7, 11) is 1.42. The van der Waals surface area contributed by atoms with Crippen LogP contribution in [-0.4, -0.2) is 35.8 Å². The van der Waals surface area contributed by atoms with E-state index in [0.29, 0.717) is 11.3 Å².